The SMILES string of the molecule is C#CCCCn1cnc(=N)c2[nH]c(Sc3ccccc3OC)nc21. The highest BCUT2D eigenvalue weighted by molar-refractivity contribution is 7.99. The molecule has 3 rings (SSSR count). The first-order valence-electron chi connectivity index (χ1n) is 7.47. The second-order valence-corrected chi connectivity index (χ2v) is 6.12. The average molecular weight is 339 g/mol. The Morgan fingerprint density at radius 1 is 1.42 bits per heavy atom. The standard InChI is InChI=1S/C17H17N5OS/c1-3-4-7-10-22-11-19-15(18)14-16(22)21-17(20-14)24-13-9-6-5-8-12(13)23-2/h1,5-6,8-9,11,18H,4,7,10H2,2H3,(H,20,21). The second-order valence-electron chi connectivity index (χ2n) is 5.09. The number of methoxy groups -OCH3 is 1. The van der Waals surface area contributed by atoms with Gasteiger partial charge in [-0.3, -0.25) is 5.41 Å². The Labute approximate surface area is 143 Å². The summed E-state index contributed by atoms with van der Waals surface area (Å²) in [6, 6.07) is 7.75. The third-order valence-electron chi connectivity index (χ3n) is 3.49. The number of hydrogen-bond donors (Lipinski definition) is 2. The van der Waals surface area contributed by atoms with Gasteiger partial charge < -0.3 is 14.3 Å². The number of fused-ring (bicyclic) bond motifs is 1. The molecule has 6 nitrogen and oxygen atoms in total. The van der Waals surface area contributed by atoms with E-state index >= 15 is 0 Å². The van der Waals surface area contributed by atoms with E-state index in [4.69, 9.17) is 16.6 Å². The molecule has 0 saturated carbocycles. The smallest absolute Gasteiger partial charge is 0.173 e. The lowest BCUT2D eigenvalue weighted by molar-refractivity contribution is 0.405. The molecular formula is C17H17N5OS. The summed E-state index contributed by atoms with van der Waals surface area (Å²) in [6.45, 7) is 0.720. The Morgan fingerprint density at radius 3 is 3.04 bits per heavy atom. The molecule has 0 fully saturated rings. The lowest BCUT2D eigenvalue weighted by Gasteiger charge is -2.05. The fourth-order valence-electron chi connectivity index (χ4n) is 2.33. The number of rotatable bonds is 6. The zero-order chi connectivity index (χ0) is 16.9. The Hall–Kier alpha value is -2.72. The van der Waals surface area contributed by atoms with Gasteiger partial charge in [0.25, 0.3) is 0 Å². The molecule has 0 atom stereocenters. The van der Waals surface area contributed by atoms with Gasteiger partial charge in [-0.15, -0.1) is 12.3 Å². The molecule has 1 aromatic carbocycles. The topological polar surface area (TPSA) is 79.6 Å². The van der Waals surface area contributed by atoms with Crippen LogP contribution in [0.15, 0.2) is 40.6 Å². The molecule has 0 aliphatic heterocycles. The van der Waals surface area contributed by atoms with E-state index < -0.39 is 0 Å². The van der Waals surface area contributed by atoms with Gasteiger partial charge in [0.15, 0.2) is 16.3 Å². The van der Waals surface area contributed by atoms with Crippen LogP contribution in [0.5, 0.6) is 5.75 Å². The van der Waals surface area contributed by atoms with Crippen LogP contribution in [0.1, 0.15) is 12.8 Å². The fourth-order valence-corrected chi connectivity index (χ4v) is 3.23. The molecule has 0 aliphatic rings. The van der Waals surface area contributed by atoms with Gasteiger partial charge in [0.1, 0.15) is 11.3 Å². The number of aromatic nitrogens is 4. The minimum atomic E-state index is 0.178. The first-order valence-corrected chi connectivity index (χ1v) is 8.28. The van der Waals surface area contributed by atoms with E-state index in [-0.39, 0.29) is 5.49 Å². The molecule has 0 spiro atoms. The van der Waals surface area contributed by atoms with Crippen LogP contribution < -0.4 is 10.2 Å². The summed E-state index contributed by atoms with van der Waals surface area (Å²) in [6.07, 6.45) is 8.49. The van der Waals surface area contributed by atoms with Gasteiger partial charge >= 0.3 is 0 Å². The molecule has 7 heteroatoms. The third kappa shape index (κ3) is 3.29. The van der Waals surface area contributed by atoms with Crippen molar-refractivity contribution in [2.45, 2.75) is 29.4 Å². The van der Waals surface area contributed by atoms with E-state index in [1.54, 1.807) is 13.4 Å². The maximum Gasteiger partial charge on any atom is 0.173 e. The molecule has 0 radical (unpaired) electrons. The monoisotopic (exact) mass is 339 g/mol. The Morgan fingerprint density at radius 2 is 2.25 bits per heavy atom. The third-order valence-corrected chi connectivity index (χ3v) is 4.44. The van der Waals surface area contributed by atoms with Crippen molar-refractivity contribution in [2.24, 2.45) is 0 Å². The maximum atomic E-state index is 7.98. The van der Waals surface area contributed by atoms with E-state index in [1.807, 2.05) is 28.8 Å². The molecule has 0 bridgehead atoms. The molecule has 2 N–H and O–H groups in total. The molecule has 24 heavy (non-hydrogen) atoms. The number of terminal acetylenes is 1. The summed E-state index contributed by atoms with van der Waals surface area (Å²) >= 11 is 1.46. The molecule has 2 heterocycles. The second kappa shape index (κ2) is 7.23. The van der Waals surface area contributed by atoms with Crippen molar-refractivity contribution < 1.29 is 4.74 Å². The van der Waals surface area contributed by atoms with Crippen molar-refractivity contribution in [3.8, 4) is 18.1 Å². The zero-order valence-corrected chi connectivity index (χ0v) is 14.1. The highest BCUT2D eigenvalue weighted by Crippen LogP contribution is 2.33. The molecule has 122 valence electrons. The number of benzene rings is 1. The number of aryl methyl sites for hydroxylation is 1. The highest BCUT2D eigenvalue weighted by atomic mass is 32.2. The van der Waals surface area contributed by atoms with E-state index in [9.17, 15) is 0 Å². The number of H-pyrrole nitrogens is 1. The van der Waals surface area contributed by atoms with Crippen molar-refractivity contribution in [3.05, 3.63) is 36.1 Å². The van der Waals surface area contributed by atoms with Crippen molar-refractivity contribution in [2.75, 3.05) is 7.11 Å². The van der Waals surface area contributed by atoms with Gasteiger partial charge in [0.05, 0.1) is 18.3 Å². The summed E-state index contributed by atoms with van der Waals surface area (Å²) in [5, 5.41) is 8.68. The van der Waals surface area contributed by atoms with Gasteiger partial charge in [-0.25, -0.2) is 9.97 Å². The molecule has 3 aromatic rings. The van der Waals surface area contributed by atoms with Crippen molar-refractivity contribution in [1.82, 2.24) is 19.5 Å². The van der Waals surface area contributed by atoms with Crippen molar-refractivity contribution in [3.63, 3.8) is 0 Å². The van der Waals surface area contributed by atoms with Crippen LogP contribution in [-0.2, 0) is 6.54 Å². The van der Waals surface area contributed by atoms with E-state index in [0.29, 0.717) is 22.7 Å². The Bertz CT molecular complexity index is 954. The number of unbranched alkanes of at least 4 members (excludes halogenated alkanes) is 1. The molecule has 0 amide bonds. The van der Waals surface area contributed by atoms with E-state index in [2.05, 4.69) is 20.9 Å². The average Bonchev–Trinajstić information content (AvgIpc) is 3.02. The van der Waals surface area contributed by atoms with Gasteiger partial charge in [-0.2, -0.15) is 0 Å². The van der Waals surface area contributed by atoms with Crippen LogP contribution >= 0.6 is 11.8 Å². The molecule has 0 saturated heterocycles. The molecule has 2 aromatic heterocycles. The summed E-state index contributed by atoms with van der Waals surface area (Å²) in [5.74, 6) is 3.42. The fraction of sp³-hybridized carbons (Fsp3) is 0.235. The summed E-state index contributed by atoms with van der Waals surface area (Å²) in [5.41, 5.74) is 1.51. The Balaban J connectivity index is 1.95. The summed E-state index contributed by atoms with van der Waals surface area (Å²) in [4.78, 5) is 12.9. The van der Waals surface area contributed by atoms with Crippen LogP contribution in [0, 0.1) is 17.8 Å². The largest absolute Gasteiger partial charge is 0.496 e. The van der Waals surface area contributed by atoms with Crippen LogP contribution in [-0.4, -0.2) is 26.6 Å². The van der Waals surface area contributed by atoms with Crippen LogP contribution in [0.3, 0.4) is 0 Å². The predicted octanol–water partition coefficient (Wildman–Crippen LogP) is 2.81. The lowest BCUT2D eigenvalue weighted by atomic mass is 10.3. The number of imidazole rings is 1. The molecule has 0 aliphatic carbocycles. The number of para-hydroxylation sites is 1. The quantitative estimate of drug-likeness (QED) is 0.535. The van der Waals surface area contributed by atoms with Gasteiger partial charge in [0.2, 0.25) is 0 Å². The predicted molar refractivity (Wildman–Crippen MR) is 92.9 cm³/mol. The number of ether oxygens (including phenoxy) is 1. The molecular weight excluding hydrogens is 322 g/mol. The molecule has 0 unspecified atom stereocenters. The van der Waals surface area contributed by atoms with Gasteiger partial charge in [0, 0.05) is 13.0 Å². The number of hydrogen-bond acceptors (Lipinski definition) is 5. The normalized spacial score (nSPS) is 10.7. The van der Waals surface area contributed by atoms with E-state index in [0.717, 1.165) is 23.6 Å². The van der Waals surface area contributed by atoms with Crippen molar-refractivity contribution >= 4 is 22.9 Å². The minimum Gasteiger partial charge on any atom is -0.496 e. The number of nitrogens with zero attached hydrogens (tertiary/aromatic N) is 3. The lowest BCUT2D eigenvalue weighted by Crippen LogP contribution is -2.12. The zero-order valence-electron chi connectivity index (χ0n) is 13.2. The number of nitrogens with one attached hydrogen (secondary N) is 2. The summed E-state index contributed by atoms with van der Waals surface area (Å²) in [7, 11) is 1.64. The van der Waals surface area contributed by atoms with E-state index in [1.165, 1.54) is 11.8 Å². The Kier molecular flexibility index (Phi) is 4.87. The van der Waals surface area contributed by atoms with Crippen LogP contribution in [0.2, 0.25) is 0 Å². The van der Waals surface area contributed by atoms with Crippen molar-refractivity contribution in [1.29, 1.82) is 5.41 Å². The number of aromatic amines is 1. The first kappa shape index (κ1) is 16.1. The maximum absolute atomic E-state index is 7.98. The highest BCUT2D eigenvalue weighted by Gasteiger charge is 2.12. The van der Waals surface area contributed by atoms with Gasteiger partial charge in [-0.05, 0) is 30.3 Å². The minimum absolute atomic E-state index is 0.178. The summed E-state index contributed by atoms with van der Waals surface area (Å²) < 4.78 is 7.29. The van der Waals surface area contributed by atoms with Crippen LogP contribution in [0.4, 0.5) is 0 Å². The van der Waals surface area contributed by atoms with Crippen LogP contribution in [0.25, 0.3) is 11.2 Å². The van der Waals surface area contributed by atoms with Gasteiger partial charge in [-0.1, -0.05) is 12.1 Å². The first-order chi connectivity index (χ1) is 11.7.